The van der Waals surface area contributed by atoms with Gasteiger partial charge in [0, 0.05) is 17.4 Å². The maximum atomic E-state index is 12.7. The normalized spacial score (nSPS) is 22.3. The van der Waals surface area contributed by atoms with Crippen LogP contribution >= 0.6 is 12.4 Å². The van der Waals surface area contributed by atoms with Crippen LogP contribution < -0.4 is 11.1 Å². The van der Waals surface area contributed by atoms with Gasteiger partial charge in [-0.05, 0) is 37.3 Å². The predicted octanol–water partition coefficient (Wildman–Crippen LogP) is 3.66. The van der Waals surface area contributed by atoms with Gasteiger partial charge in [0.25, 0.3) is 0 Å². The Bertz CT molecular complexity index is 489. The SMILES string of the molecule is CCC(NC(=O)[C@@H]1CCC[C@@H]1CN)C(C)(C)c1ccccc1.Cl. The largest absolute Gasteiger partial charge is 0.352 e. The first kappa shape index (κ1) is 20.0. The molecule has 1 aliphatic rings. The minimum Gasteiger partial charge on any atom is -0.352 e. The van der Waals surface area contributed by atoms with Crippen LogP contribution in [0.1, 0.15) is 52.0 Å². The van der Waals surface area contributed by atoms with Gasteiger partial charge in [0.1, 0.15) is 0 Å². The molecule has 1 aromatic carbocycles. The molecule has 3 nitrogen and oxygen atoms in total. The highest BCUT2D eigenvalue weighted by Gasteiger charge is 2.36. The van der Waals surface area contributed by atoms with Gasteiger partial charge in [-0.2, -0.15) is 0 Å². The van der Waals surface area contributed by atoms with E-state index in [2.05, 4.69) is 50.4 Å². The van der Waals surface area contributed by atoms with Gasteiger partial charge < -0.3 is 11.1 Å². The molecule has 0 aliphatic heterocycles. The molecule has 0 spiro atoms. The fourth-order valence-corrected chi connectivity index (χ4v) is 3.80. The number of rotatable bonds is 6. The molecule has 0 radical (unpaired) electrons. The first-order chi connectivity index (χ1) is 10.5. The van der Waals surface area contributed by atoms with E-state index in [1.165, 1.54) is 5.56 Å². The minimum atomic E-state index is -0.0809. The Hall–Kier alpha value is -1.06. The number of hydrogen-bond acceptors (Lipinski definition) is 2. The lowest BCUT2D eigenvalue weighted by atomic mass is 9.76. The molecule has 1 unspecified atom stereocenters. The number of amides is 1. The number of nitrogens with one attached hydrogen (secondary N) is 1. The Morgan fingerprint density at radius 2 is 1.96 bits per heavy atom. The Labute approximate surface area is 146 Å². The molecule has 0 aromatic heterocycles. The number of benzene rings is 1. The molecule has 1 fully saturated rings. The topological polar surface area (TPSA) is 55.1 Å². The van der Waals surface area contributed by atoms with Crippen LogP contribution in [-0.2, 0) is 10.2 Å². The summed E-state index contributed by atoms with van der Waals surface area (Å²) in [7, 11) is 0. The van der Waals surface area contributed by atoms with Crippen molar-refractivity contribution in [1.82, 2.24) is 5.32 Å². The third-order valence-corrected chi connectivity index (χ3v) is 5.41. The Kier molecular flexibility index (Phi) is 7.56. The lowest BCUT2D eigenvalue weighted by Crippen LogP contribution is -2.49. The molecule has 1 aromatic rings. The van der Waals surface area contributed by atoms with Crippen molar-refractivity contribution in [3.05, 3.63) is 35.9 Å². The first-order valence-electron chi connectivity index (χ1n) is 8.56. The van der Waals surface area contributed by atoms with Crippen molar-refractivity contribution in [1.29, 1.82) is 0 Å². The zero-order valence-corrected chi connectivity index (χ0v) is 15.4. The average molecular weight is 339 g/mol. The van der Waals surface area contributed by atoms with Crippen LogP contribution in [0.4, 0.5) is 0 Å². The molecule has 23 heavy (non-hydrogen) atoms. The average Bonchev–Trinajstić information content (AvgIpc) is 3.01. The van der Waals surface area contributed by atoms with Crippen molar-refractivity contribution < 1.29 is 4.79 Å². The predicted molar refractivity (Wildman–Crippen MR) is 98.8 cm³/mol. The van der Waals surface area contributed by atoms with Crippen LogP contribution in [-0.4, -0.2) is 18.5 Å². The lowest BCUT2D eigenvalue weighted by Gasteiger charge is -2.36. The van der Waals surface area contributed by atoms with Crippen LogP contribution in [0.2, 0.25) is 0 Å². The van der Waals surface area contributed by atoms with E-state index in [1.54, 1.807) is 0 Å². The number of carbonyl (C=O) groups is 1. The summed E-state index contributed by atoms with van der Waals surface area (Å²) in [6.45, 7) is 7.19. The van der Waals surface area contributed by atoms with Crippen molar-refractivity contribution in [3.8, 4) is 0 Å². The maximum absolute atomic E-state index is 12.7. The van der Waals surface area contributed by atoms with Gasteiger partial charge in [0.2, 0.25) is 5.91 Å². The van der Waals surface area contributed by atoms with Crippen LogP contribution in [0.5, 0.6) is 0 Å². The molecule has 130 valence electrons. The summed E-state index contributed by atoms with van der Waals surface area (Å²) in [4.78, 5) is 12.7. The fraction of sp³-hybridized carbons (Fsp3) is 0.632. The molecule has 1 aliphatic carbocycles. The standard InChI is InChI=1S/C19H30N2O.ClH/c1-4-17(19(2,3)15-10-6-5-7-11-15)21-18(22)16-12-8-9-14(16)13-20;/h5-7,10-11,14,16-17H,4,8-9,12-13,20H2,1-3H3,(H,21,22);1H/t14-,16-,17?;/m1./s1. The second-order valence-corrected chi connectivity index (χ2v) is 7.09. The van der Waals surface area contributed by atoms with E-state index in [4.69, 9.17) is 5.73 Å². The van der Waals surface area contributed by atoms with Crippen molar-refractivity contribution in [3.63, 3.8) is 0 Å². The summed E-state index contributed by atoms with van der Waals surface area (Å²) >= 11 is 0. The van der Waals surface area contributed by atoms with E-state index < -0.39 is 0 Å². The molecule has 2 rings (SSSR count). The third-order valence-electron chi connectivity index (χ3n) is 5.41. The molecule has 0 bridgehead atoms. The number of carbonyl (C=O) groups excluding carboxylic acids is 1. The van der Waals surface area contributed by atoms with Gasteiger partial charge in [-0.1, -0.05) is 57.5 Å². The van der Waals surface area contributed by atoms with E-state index in [1.807, 2.05) is 6.07 Å². The van der Waals surface area contributed by atoms with E-state index in [0.717, 1.165) is 25.7 Å². The van der Waals surface area contributed by atoms with Gasteiger partial charge in [0.05, 0.1) is 0 Å². The fourth-order valence-electron chi connectivity index (χ4n) is 3.80. The molecule has 0 saturated heterocycles. The molecule has 4 heteroatoms. The zero-order chi connectivity index (χ0) is 16.2. The molecule has 1 amide bonds. The second-order valence-electron chi connectivity index (χ2n) is 7.09. The van der Waals surface area contributed by atoms with E-state index >= 15 is 0 Å². The van der Waals surface area contributed by atoms with Gasteiger partial charge in [-0.25, -0.2) is 0 Å². The highest BCUT2D eigenvalue weighted by atomic mass is 35.5. The van der Waals surface area contributed by atoms with E-state index in [-0.39, 0.29) is 35.7 Å². The van der Waals surface area contributed by atoms with Gasteiger partial charge in [-0.3, -0.25) is 4.79 Å². The molecular formula is C19H31ClN2O. The van der Waals surface area contributed by atoms with E-state index in [0.29, 0.717) is 12.5 Å². The van der Waals surface area contributed by atoms with E-state index in [9.17, 15) is 4.79 Å². The van der Waals surface area contributed by atoms with Gasteiger partial charge in [0.15, 0.2) is 0 Å². The monoisotopic (exact) mass is 338 g/mol. The maximum Gasteiger partial charge on any atom is 0.223 e. The van der Waals surface area contributed by atoms with Crippen molar-refractivity contribution >= 4 is 18.3 Å². The number of halogens is 1. The molecule has 3 atom stereocenters. The van der Waals surface area contributed by atoms with Gasteiger partial charge in [-0.15, -0.1) is 12.4 Å². The summed E-state index contributed by atoms with van der Waals surface area (Å²) in [5.74, 6) is 0.659. The summed E-state index contributed by atoms with van der Waals surface area (Å²) < 4.78 is 0. The van der Waals surface area contributed by atoms with Crippen LogP contribution in [0.25, 0.3) is 0 Å². The van der Waals surface area contributed by atoms with Gasteiger partial charge >= 0.3 is 0 Å². The third kappa shape index (κ3) is 4.48. The Balaban J connectivity index is 0.00000264. The Morgan fingerprint density at radius 1 is 1.30 bits per heavy atom. The minimum absolute atomic E-state index is 0. The second kappa shape index (κ2) is 8.70. The lowest BCUT2D eigenvalue weighted by molar-refractivity contribution is -0.127. The first-order valence-corrected chi connectivity index (χ1v) is 8.56. The number of nitrogens with two attached hydrogens (primary N) is 1. The summed E-state index contributed by atoms with van der Waals surface area (Å²) in [5, 5.41) is 3.32. The molecule has 3 N–H and O–H groups in total. The molecule has 0 heterocycles. The van der Waals surface area contributed by atoms with Crippen molar-refractivity contribution in [2.24, 2.45) is 17.6 Å². The highest BCUT2D eigenvalue weighted by molar-refractivity contribution is 5.85. The summed E-state index contributed by atoms with van der Waals surface area (Å²) in [6, 6.07) is 10.6. The zero-order valence-electron chi connectivity index (χ0n) is 14.5. The molecule has 1 saturated carbocycles. The smallest absolute Gasteiger partial charge is 0.223 e. The number of hydrogen-bond donors (Lipinski definition) is 2. The summed E-state index contributed by atoms with van der Waals surface area (Å²) in [5.41, 5.74) is 7.01. The van der Waals surface area contributed by atoms with Crippen LogP contribution in [0, 0.1) is 11.8 Å². The van der Waals surface area contributed by atoms with Crippen molar-refractivity contribution in [2.45, 2.75) is 57.9 Å². The van der Waals surface area contributed by atoms with Crippen molar-refractivity contribution in [2.75, 3.05) is 6.54 Å². The van der Waals surface area contributed by atoms with Crippen LogP contribution in [0.3, 0.4) is 0 Å². The highest BCUT2D eigenvalue weighted by Crippen LogP contribution is 2.33. The van der Waals surface area contributed by atoms with Crippen LogP contribution in [0.15, 0.2) is 30.3 Å². The quantitative estimate of drug-likeness (QED) is 0.831. The molecular weight excluding hydrogens is 308 g/mol. The summed E-state index contributed by atoms with van der Waals surface area (Å²) in [6.07, 6.45) is 4.12. The Morgan fingerprint density at radius 3 is 2.52 bits per heavy atom.